The number of thioether (sulfide) groups is 1. The number of amides is 1. The number of nitrogens with zero attached hydrogens (tertiary/aromatic N) is 4. The van der Waals surface area contributed by atoms with Crippen LogP contribution in [0.15, 0.2) is 29.4 Å². The summed E-state index contributed by atoms with van der Waals surface area (Å²) in [5.74, 6) is 1.05. The number of ether oxygens (including phenoxy) is 1. The van der Waals surface area contributed by atoms with E-state index in [1.807, 2.05) is 31.2 Å². The summed E-state index contributed by atoms with van der Waals surface area (Å²) in [5.41, 5.74) is 0.821. The zero-order valence-electron chi connectivity index (χ0n) is 14.9. The summed E-state index contributed by atoms with van der Waals surface area (Å²) in [7, 11) is 1.62. The van der Waals surface area contributed by atoms with Gasteiger partial charge < -0.3 is 10.1 Å². The Labute approximate surface area is 152 Å². The van der Waals surface area contributed by atoms with Crippen LogP contribution in [0.2, 0.25) is 0 Å². The van der Waals surface area contributed by atoms with Crippen molar-refractivity contribution in [1.29, 1.82) is 0 Å². The van der Waals surface area contributed by atoms with Crippen LogP contribution in [-0.4, -0.2) is 45.0 Å². The van der Waals surface area contributed by atoms with Crippen molar-refractivity contribution < 1.29 is 9.53 Å². The molecule has 1 aromatic heterocycles. The number of unbranched alkanes of at least 4 members (excludes halogenated alkanes) is 2. The van der Waals surface area contributed by atoms with Gasteiger partial charge in [-0.05, 0) is 48.0 Å². The summed E-state index contributed by atoms with van der Waals surface area (Å²) in [6, 6.07) is 7.62. The van der Waals surface area contributed by atoms with Gasteiger partial charge in [-0.3, -0.25) is 4.79 Å². The maximum atomic E-state index is 12.1. The highest BCUT2D eigenvalue weighted by Gasteiger charge is 2.13. The first-order chi connectivity index (χ1) is 12.1. The second-order valence-corrected chi connectivity index (χ2v) is 6.77. The number of rotatable bonds is 10. The average molecular weight is 363 g/mol. The number of methoxy groups -OCH3 is 1. The number of carbonyl (C=O) groups is 1. The summed E-state index contributed by atoms with van der Waals surface area (Å²) < 4.78 is 6.76. The molecule has 136 valence electrons. The van der Waals surface area contributed by atoms with Gasteiger partial charge in [0.05, 0.1) is 18.6 Å². The first-order valence-corrected chi connectivity index (χ1v) is 9.47. The zero-order chi connectivity index (χ0) is 18.1. The molecule has 0 fully saturated rings. The third-order valence-electron chi connectivity index (χ3n) is 3.74. The van der Waals surface area contributed by atoms with Crippen molar-refractivity contribution in [2.24, 2.45) is 0 Å². The third-order valence-corrected chi connectivity index (χ3v) is 4.66. The number of hydrogen-bond acceptors (Lipinski definition) is 6. The van der Waals surface area contributed by atoms with Crippen LogP contribution in [0, 0.1) is 0 Å². The first kappa shape index (κ1) is 19.2. The van der Waals surface area contributed by atoms with Crippen LogP contribution in [0.4, 0.5) is 0 Å². The average Bonchev–Trinajstić information content (AvgIpc) is 3.09. The van der Waals surface area contributed by atoms with Crippen LogP contribution in [0.1, 0.15) is 39.5 Å². The van der Waals surface area contributed by atoms with E-state index >= 15 is 0 Å². The Balaban J connectivity index is 1.87. The lowest BCUT2D eigenvalue weighted by Gasteiger charge is -2.13. The highest BCUT2D eigenvalue weighted by Crippen LogP contribution is 2.20. The molecule has 0 bridgehead atoms. The largest absolute Gasteiger partial charge is 0.497 e. The van der Waals surface area contributed by atoms with Gasteiger partial charge in [0, 0.05) is 6.04 Å². The molecule has 1 amide bonds. The van der Waals surface area contributed by atoms with E-state index in [0.717, 1.165) is 24.3 Å². The van der Waals surface area contributed by atoms with Gasteiger partial charge in [0.15, 0.2) is 0 Å². The van der Waals surface area contributed by atoms with Crippen LogP contribution < -0.4 is 10.1 Å². The molecule has 1 N–H and O–H groups in total. The molecule has 0 aliphatic carbocycles. The normalized spacial score (nSPS) is 12.0. The van der Waals surface area contributed by atoms with Gasteiger partial charge in [-0.1, -0.05) is 37.9 Å². The fraction of sp³-hybridized carbons (Fsp3) is 0.529. The molecular formula is C17H25N5O2S. The molecule has 7 nitrogen and oxygen atoms in total. The summed E-state index contributed by atoms with van der Waals surface area (Å²) >= 11 is 1.32. The smallest absolute Gasteiger partial charge is 0.230 e. The van der Waals surface area contributed by atoms with Crippen molar-refractivity contribution in [3.05, 3.63) is 24.3 Å². The Bertz CT molecular complexity index is 659. The molecule has 1 unspecified atom stereocenters. The quantitative estimate of drug-likeness (QED) is 0.516. The van der Waals surface area contributed by atoms with E-state index in [1.165, 1.54) is 24.6 Å². The van der Waals surface area contributed by atoms with E-state index in [1.54, 1.807) is 11.8 Å². The lowest BCUT2D eigenvalue weighted by Crippen LogP contribution is -2.33. The maximum Gasteiger partial charge on any atom is 0.230 e. The Morgan fingerprint density at radius 3 is 2.76 bits per heavy atom. The van der Waals surface area contributed by atoms with Crippen molar-refractivity contribution in [2.75, 3.05) is 12.9 Å². The minimum absolute atomic E-state index is 0.00159. The van der Waals surface area contributed by atoms with E-state index < -0.39 is 0 Å². The predicted molar refractivity (Wildman–Crippen MR) is 98.2 cm³/mol. The van der Waals surface area contributed by atoms with Crippen molar-refractivity contribution in [2.45, 2.75) is 50.7 Å². The lowest BCUT2D eigenvalue weighted by atomic mass is 10.1. The molecule has 0 saturated heterocycles. The van der Waals surface area contributed by atoms with Gasteiger partial charge in [0.25, 0.3) is 0 Å². The molecule has 0 saturated carbocycles. The Hall–Kier alpha value is -2.09. The van der Waals surface area contributed by atoms with E-state index in [-0.39, 0.29) is 17.7 Å². The van der Waals surface area contributed by atoms with Gasteiger partial charge in [-0.25, -0.2) is 0 Å². The maximum absolute atomic E-state index is 12.1. The second-order valence-electron chi connectivity index (χ2n) is 5.82. The first-order valence-electron chi connectivity index (χ1n) is 8.49. The molecule has 1 aromatic carbocycles. The molecule has 0 aliphatic heterocycles. The highest BCUT2D eigenvalue weighted by molar-refractivity contribution is 7.99. The number of hydrogen-bond donors (Lipinski definition) is 1. The van der Waals surface area contributed by atoms with E-state index in [9.17, 15) is 4.79 Å². The highest BCUT2D eigenvalue weighted by atomic mass is 32.2. The summed E-state index contributed by atoms with van der Waals surface area (Å²) in [6.45, 7) is 4.21. The van der Waals surface area contributed by atoms with E-state index in [2.05, 4.69) is 27.8 Å². The van der Waals surface area contributed by atoms with Gasteiger partial charge in [0.2, 0.25) is 11.1 Å². The molecule has 25 heavy (non-hydrogen) atoms. The fourth-order valence-corrected chi connectivity index (χ4v) is 3.08. The van der Waals surface area contributed by atoms with Crippen molar-refractivity contribution in [1.82, 2.24) is 25.5 Å². The number of benzene rings is 1. The molecule has 1 heterocycles. The number of tetrazole rings is 1. The second kappa shape index (κ2) is 10.0. The Morgan fingerprint density at radius 2 is 2.08 bits per heavy atom. The number of carbonyl (C=O) groups excluding carboxylic acids is 1. The minimum atomic E-state index is -0.00159. The lowest BCUT2D eigenvalue weighted by molar-refractivity contribution is -0.119. The van der Waals surface area contributed by atoms with E-state index in [0.29, 0.717) is 5.16 Å². The van der Waals surface area contributed by atoms with Crippen LogP contribution in [-0.2, 0) is 4.79 Å². The molecule has 8 heteroatoms. The molecule has 0 aliphatic rings. The third kappa shape index (κ3) is 6.04. The summed E-state index contributed by atoms with van der Waals surface area (Å²) in [5, 5.41) is 15.3. The van der Waals surface area contributed by atoms with Crippen LogP contribution >= 0.6 is 11.8 Å². The number of nitrogens with one attached hydrogen (secondary N) is 1. The van der Waals surface area contributed by atoms with Crippen molar-refractivity contribution in [3.8, 4) is 11.4 Å². The van der Waals surface area contributed by atoms with Crippen LogP contribution in [0.5, 0.6) is 5.75 Å². The van der Waals surface area contributed by atoms with Gasteiger partial charge >= 0.3 is 0 Å². The monoisotopic (exact) mass is 363 g/mol. The standard InChI is InChI=1S/C17H25N5O2S/c1-4-5-6-7-13(2)18-16(23)12-25-17-19-20-21-22(17)14-8-10-15(24-3)11-9-14/h8-11,13H,4-7,12H2,1-3H3,(H,18,23). The molecule has 2 aromatic rings. The van der Waals surface area contributed by atoms with Crippen LogP contribution in [0.3, 0.4) is 0 Å². The minimum Gasteiger partial charge on any atom is -0.497 e. The number of aromatic nitrogens is 4. The Morgan fingerprint density at radius 1 is 1.32 bits per heavy atom. The SMILES string of the molecule is CCCCCC(C)NC(=O)CSc1nnnn1-c1ccc(OC)cc1. The fourth-order valence-electron chi connectivity index (χ4n) is 2.37. The Kier molecular flexibility index (Phi) is 7.72. The molecule has 0 radical (unpaired) electrons. The zero-order valence-corrected chi connectivity index (χ0v) is 15.8. The van der Waals surface area contributed by atoms with Crippen LogP contribution in [0.25, 0.3) is 5.69 Å². The topological polar surface area (TPSA) is 81.9 Å². The van der Waals surface area contributed by atoms with E-state index in [4.69, 9.17) is 4.74 Å². The molecular weight excluding hydrogens is 338 g/mol. The summed E-state index contributed by atoms with van der Waals surface area (Å²) in [6.07, 6.45) is 4.53. The summed E-state index contributed by atoms with van der Waals surface area (Å²) in [4.78, 5) is 12.1. The van der Waals surface area contributed by atoms with Crippen molar-refractivity contribution in [3.63, 3.8) is 0 Å². The molecule has 1 atom stereocenters. The molecule has 0 spiro atoms. The van der Waals surface area contributed by atoms with Gasteiger partial charge in [0.1, 0.15) is 5.75 Å². The predicted octanol–water partition coefficient (Wildman–Crippen LogP) is 2.85. The van der Waals surface area contributed by atoms with Gasteiger partial charge in [-0.15, -0.1) is 5.10 Å². The van der Waals surface area contributed by atoms with Gasteiger partial charge in [-0.2, -0.15) is 4.68 Å². The molecule has 2 rings (SSSR count). The van der Waals surface area contributed by atoms with Crippen molar-refractivity contribution >= 4 is 17.7 Å².